The van der Waals surface area contributed by atoms with Gasteiger partial charge in [-0.15, -0.1) is 0 Å². The van der Waals surface area contributed by atoms with Crippen molar-refractivity contribution in [2.24, 2.45) is 0 Å². The quantitative estimate of drug-likeness (QED) is 0.564. The van der Waals surface area contributed by atoms with Crippen molar-refractivity contribution >= 4 is 48.5 Å². The molecule has 1 amide bonds. The molecular formula is C20H21BrN2O5S. The van der Waals surface area contributed by atoms with E-state index in [1.807, 2.05) is 12.1 Å². The van der Waals surface area contributed by atoms with Crippen molar-refractivity contribution in [2.45, 2.75) is 18.7 Å². The van der Waals surface area contributed by atoms with Crippen LogP contribution in [0.25, 0.3) is 11.0 Å². The van der Waals surface area contributed by atoms with Crippen LogP contribution < -0.4 is 10.1 Å². The van der Waals surface area contributed by atoms with Gasteiger partial charge in [0, 0.05) is 35.2 Å². The Morgan fingerprint density at radius 1 is 1.21 bits per heavy atom. The van der Waals surface area contributed by atoms with E-state index in [4.69, 9.17) is 9.15 Å². The molecular weight excluding hydrogens is 460 g/mol. The van der Waals surface area contributed by atoms with Crippen molar-refractivity contribution in [3.8, 4) is 5.75 Å². The predicted molar refractivity (Wildman–Crippen MR) is 115 cm³/mol. The minimum atomic E-state index is -3.76. The molecule has 3 rings (SSSR count). The number of halogens is 1. The molecule has 0 spiro atoms. The zero-order valence-electron chi connectivity index (χ0n) is 16.4. The van der Waals surface area contributed by atoms with E-state index in [0.717, 1.165) is 14.2 Å². The number of fused-ring (bicyclic) bond motifs is 1. The number of furan rings is 1. The van der Waals surface area contributed by atoms with Gasteiger partial charge in [0.2, 0.25) is 10.0 Å². The van der Waals surface area contributed by atoms with Crippen molar-refractivity contribution in [3.05, 3.63) is 52.2 Å². The number of rotatable bonds is 6. The van der Waals surface area contributed by atoms with Crippen molar-refractivity contribution in [3.63, 3.8) is 0 Å². The number of ether oxygens (including phenoxy) is 1. The monoisotopic (exact) mass is 480 g/mol. The maximum atomic E-state index is 12.8. The number of carbonyl (C=O) groups excluding carboxylic acids is 1. The summed E-state index contributed by atoms with van der Waals surface area (Å²) in [4.78, 5) is 12.8. The third kappa shape index (κ3) is 4.17. The molecule has 9 heteroatoms. The highest BCUT2D eigenvalue weighted by atomic mass is 79.9. The lowest BCUT2D eigenvalue weighted by Crippen LogP contribution is -2.23. The molecule has 0 bridgehead atoms. The van der Waals surface area contributed by atoms with Crippen LogP contribution >= 0.6 is 15.9 Å². The van der Waals surface area contributed by atoms with Crippen LogP contribution in [0.15, 0.2) is 50.2 Å². The van der Waals surface area contributed by atoms with Crippen LogP contribution in [0.5, 0.6) is 5.75 Å². The third-order valence-electron chi connectivity index (χ3n) is 4.36. The molecule has 0 fully saturated rings. The molecule has 1 heterocycles. The molecule has 0 saturated carbocycles. The Morgan fingerprint density at radius 2 is 1.93 bits per heavy atom. The predicted octanol–water partition coefficient (Wildman–Crippen LogP) is 4.41. The molecule has 0 aliphatic heterocycles. The molecule has 0 aliphatic rings. The van der Waals surface area contributed by atoms with E-state index in [1.54, 1.807) is 26.0 Å². The van der Waals surface area contributed by atoms with E-state index in [1.165, 1.54) is 26.2 Å². The largest absolute Gasteiger partial charge is 0.492 e. The summed E-state index contributed by atoms with van der Waals surface area (Å²) >= 11 is 3.41. The fourth-order valence-corrected chi connectivity index (χ4v) is 4.27. The maximum Gasteiger partial charge on any atom is 0.291 e. The van der Waals surface area contributed by atoms with Crippen molar-refractivity contribution < 1.29 is 22.4 Å². The number of nitrogens with zero attached hydrogens (tertiary/aromatic N) is 1. The number of anilines is 1. The van der Waals surface area contributed by atoms with E-state index in [0.29, 0.717) is 23.4 Å². The van der Waals surface area contributed by atoms with Crippen molar-refractivity contribution in [2.75, 3.05) is 26.0 Å². The van der Waals surface area contributed by atoms with Gasteiger partial charge in [0.05, 0.1) is 6.61 Å². The summed E-state index contributed by atoms with van der Waals surface area (Å²) in [5.41, 5.74) is 1.62. The van der Waals surface area contributed by atoms with Crippen LogP contribution in [0, 0.1) is 6.92 Å². The van der Waals surface area contributed by atoms with E-state index in [-0.39, 0.29) is 16.4 Å². The van der Waals surface area contributed by atoms with Gasteiger partial charge in [0.15, 0.2) is 5.76 Å². The Bertz CT molecular complexity index is 1190. The fourth-order valence-electron chi connectivity index (χ4n) is 2.86. The lowest BCUT2D eigenvalue weighted by atomic mass is 10.1. The van der Waals surface area contributed by atoms with Gasteiger partial charge in [-0.25, -0.2) is 12.7 Å². The topological polar surface area (TPSA) is 88.8 Å². The maximum absolute atomic E-state index is 12.8. The Balaban J connectivity index is 1.98. The SMILES string of the molecule is CCOc1ccc(NC(=O)c2oc3ccc(Br)cc3c2C)cc1S(=O)(=O)N(C)C. The number of benzene rings is 2. The van der Waals surface area contributed by atoms with Gasteiger partial charge in [-0.05, 0) is 50.2 Å². The first-order valence-corrected chi connectivity index (χ1v) is 11.1. The fraction of sp³-hybridized carbons (Fsp3) is 0.250. The van der Waals surface area contributed by atoms with Crippen LogP contribution in [0.3, 0.4) is 0 Å². The summed E-state index contributed by atoms with van der Waals surface area (Å²) in [6.45, 7) is 3.88. The Labute approximate surface area is 177 Å². The Hall–Kier alpha value is -2.36. The first-order valence-electron chi connectivity index (χ1n) is 8.84. The molecule has 0 atom stereocenters. The minimum Gasteiger partial charge on any atom is -0.492 e. The van der Waals surface area contributed by atoms with Crippen LogP contribution in [0.2, 0.25) is 0 Å². The summed E-state index contributed by atoms with van der Waals surface area (Å²) in [6, 6.07) is 9.99. The Kier molecular flexibility index (Phi) is 6.02. The van der Waals surface area contributed by atoms with E-state index >= 15 is 0 Å². The van der Waals surface area contributed by atoms with Gasteiger partial charge in [-0.2, -0.15) is 0 Å². The average Bonchev–Trinajstić information content (AvgIpc) is 2.99. The lowest BCUT2D eigenvalue weighted by Gasteiger charge is -2.16. The molecule has 1 aromatic heterocycles. The van der Waals surface area contributed by atoms with E-state index < -0.39 is 15.9 Å². The number of nitrogens with one attached hydrogen (secondary N) is 1. The van der Waals surface area contributed by atoms with E-state index in [2.05, 4.69) is 21.2 Å². The number of aryl methyl sites for hydroxylation is 1. The van der Waals surface area contributed by atoms with Gasteiger partial charge >= 0.3 is 0 Å². The molecule has 7 nitrogen and oxygen atoms in total. The second-order valence-corrected chi connectivity index (χ2v) is 9.57. The number of hydrogen-bond donors (Lipinski definition) is 1. The average molecular weight is 481 g/mol. The summed E-state index contributed by atoms with van der Waals surface area (Å²) in [6.07, 6.45) is 0. The lowest BCUT2D eigenvalue weighted by molar-refractivity contribution is 0.0998. The molecule has 0 saturated heterocycles. The molecule has 0 aliphatic carbocycles. The number of sulfonamides is 1. The third-order valence-corrected chi connectivity index (χ3v) is 6.69. The van der Waals surface area contributed by atoms with Gasteiger partial charge in [-0.3, -0.25) is 4.79 Å². The molecule has 29 heavy (non-hydrogen) atoms. The highest BCUT2D eigenvalue weighted by Crippen LogP contribution is 2.31. The highest BCUT2D eigenvalue weighted by Gasteiger charge is 2.24. The van der Waals surface area contributed by atoms with Gasteiger partial charge in [0.1, 0.15) is 16.2 Å². The zero-order valence-corrected chi connectivity index (χ0v) is 18.8. The summed E-state index contributed by atoms with van der Waals surface area (Å²) in [7, 11) is -0.884. The van der Waals surface area contributed by atoms with Crippen LogP contribution in [0.1, 0.15) is 23.0 Å². The highest BCUT2D eigenvalue weighted by molar-refractivity contribution is 9.10. The summed E-state index contributed by atoms with van der Waals surface area (Å²) in [5, 5.41) is 3.54. The van der Waals surface area contributed by atoms with Gasteiger partial charge in [-0.1, -0.05) is 15.9 Å². The first kappa shape index (κ1) is 21.4. The molecule has 2 aromatic carbocycles. The van der Waals surface area contributed by atoms with Crippen LogP contribution in [0.4, 0.5) is 5.69 Å². The molecule has 154 valence electrons. The minimum absolute atomic E-state index is 0.0209. The van der Waals surface area contributed by atoms with Crippen molar-refractivity contribution in [1.29, 1.82) is 0 Å². The molecule has 1 N–H and O–H groups in total. The second-order valence-electron chi connectivity index (χ2n) is 6.53. The number of amides is 1. The second kappa shape index (κ2) is 8.17. The first-order chi connectivity index (χ1) is 13.6. The molecule has 0 unspecified atom stereocenters. The van der Waals surface area contributed by atoms with Gasteiger partial charge < -0.3 is 14.5 Å². The molecule has 0 radical (unpaired) electrons. The summed E-state index contributed by atoms with van der Waals surface area (Å²) < 4.78 is 38.4. The van der Waals surface area contributed by atoms with Crippen molar-refractivity contribution in [1.82, 2.24) is 4.31 Å². The standard InChI is InChI=1S/C20H21BrN2O5S/c1-5-27-17-9-7-14(11-18(17)29(25,26)23(3)4)22-20(24)19-12(2)15-10-13(21)6-8-16(15)28-19/h6-11H,5H2,1-4H3,(H,22,24). The van der Waals surface area contributed by atoms with E-state index in [9.17, 15) is 13.2 Å². The van der Waals surface area contributed by atoms with Crippen LogP contribution in [-0.2, 0) is 10.0 Å². The number of hydrogen-bond acceptors (Lipinski definition) is 5. The summed E-state index contributed by atoms with van der Waals surface area (Å²) in [5.74, 6) is -0.0693. The normalized spacial score (nSPS) is 11.8. The number of carbonyl (C=O) groups is 1. The Morgan fingerprint density at radius 3 is 2.59 bits per heavy atom. The smallest absolute Gasteiger partial charge is 0.291 e. The van der Waals surface area contributed by atoms with Gasteiger partial charge in [0.25, 0.3) is 5.91 Å². The van der Waals surface area contributed by atoms with Crippen LogP contribution in [-0.4, -0.2) is 39.3 Å². The molecule has 3 aromatic rings. The zero-order chi connectivity index (χ0) is 21.3.